The van der Waals surface area contributed by atoms with Crippen molar-refractivity contribution in [1.82, 2.24) is 20.0 Å². The number of nitrogens with zero attached hydrogens (tertiary/aromatic N) is 5. The van der Waals surface area contributed by atoms with E-state index in [-0.39, 0.29) is 0 Å². The first-order valence-electron chi connectivity index (χ1n) is 7.75. The Labute approximate surface area is 121 Å². The molecule has 2 aliphatic rings. The van der Waals surface area contributed by atoms with Crippen LogP contribution in [0.5, 0.6) is 0 Å². The summed E-state index contributed by atoms with van der Waals surface area (Å²) in [6.45, 7) is 8.28. The minimum atomic E-state index is 0.897. The van der Waals surface area contributed by atoms with Crippen LogP contribution < -0.4 is 4.90 Å². The summed E-state index contributed by atoms with van der Waals surface area (Å²) >= 11 is 0. The van der Waals surface area contributed by atoms with E-state index in [0.717, 1.165) is 37.9 Å². The number of hydrogen-bond acceptors (Lipinski definition) is 5. The fourth-order valence-electron chi connectivity index (χ4n) is 3.23. The van der Waals surface area contributed by atoms with Crippen LogP contribution in [0.15, 0.2) is 18.3 Å². The molecule has 0 atom stereocenters. The van der Waals surface area contributed by atoms with Crippen molar-refractivity contribution in [3.05, 3.63) is 18.3 Å². The van der Waals surface area contributed by atoms with Gasteiger partial charge in [0.1, 0.15) is 0 Å². The molecule has 2 saturated heterocycles. The van der Waals surface area contributed by atoms with Gasteiger partial charge >= 0.3 is 0 Å². The van der Waals surface area contributed by atoms with E-state index >= 15 is 0 Å². The molecule has 0 aromatic carbocycles. The summed E-state index contributed by atoms with van der Waals surface area (Å²) in [6.07, 6.45) is 4.46. The summed E-state index contributed by atoms with van der Waals surface area (Å²) in [5, 5.41) is 8.17. The molecule has 0 aliphatic carbocycles. The molecule has 5 heteroatoms. The highest BCUT2D eigenvalue weighted by atomic mass is 15.3. The zero-order valence-corrected chi connectivity index (χ0v) is 12.4. The second kappa shape index (κ2) is 6.50. The lowest BCUT2D eigenvalue weighted by molar-refractivity contribution is 0.155. The van der Waals surface area contributed by atoms with Crippen LogP contribution in [-0.2, 0) is 0 Å². The Morgan fingerprint density at radius 1 is 1.10 bits per heavy atom. The van der Waals surface area contributed by atoms with Gasteiger partial charge in [0.05, 0.1) is 0 Å². The Balaban J connectivity index is 1.44. The van der Waals surface area contributed by atoms with E-state index in [9.17, 15) is 0 Å². The first-order valence-corrected chi connectivity index (χ1v) is 7.75. The molecule has 0 unspecified atom stereocenters. The van der Waals surface area contributed by atoms with Gasteiger partial charge in [-0.05, 0) is 51.0 Å². The van der Waals surface area contributed by atoms with E-state index in [0.29, 0.717) is 0 Å². The number of aromatic nitrogens is 2. The van der Waals surface area contributed by atoms with E-state index in [2.05, 4.69) is 38.0 Å². The second-order valence-corrected chi connectivity index (χ2v) is 6.12. The molecule has 0 amide bonds. The van der Waals surface area contributed by atoms with Gasteiger partial charge in [0.15, 0.2) is 5.82 Å². The fraction of sp³-hybridized carbons (Fsp3) is 0.733. The van der Waals surface area contributed by atoms with Crippen molar-refractivity contribution < 1.29 is 0 Å². The molecule has 3 rings (SSSR count). The van der Waals surface area contributed by atoms with Crippen molar-refractivity contribution in [1.29, 1.82) is 0 Å². The lowest BCUT2D eigenvalue weighted by Crippen LogP contribution is -2.49. The topological polar surface area (TPSA) is 35.5 Å². The molecular weight excluding hydrogens is 250 g/mol. The maximum atomic E-state index is 4.20. The Hall–Kier alpha value is -1.20. The number of piperazine rings is 1. The zero-order valence-electron chi connectivity index (χ0n) is 12.4. The molecule has 20 heavy (non-hydrogen) atoms. The predicted molar refractivity (Wildman–Crippen MR) is 80.9 cm³/mol. The summed E-state index contributed by atoms with van der Waals surface area (Å²) in [4.78, 5) is 7.42. The second-order valence-electron chi connectivity index (χ2n) is 6.12. The van der Waals surface area contributed by atoms with Crippen molar-refractivity contribution in [2.45, 2.75) is 12.8 Å². The van der Waals surface area contributed by atoms with Gasteiger partial charge in [-0.15, -0.1) is 5.10 Å². The van der Waals surface area contributed by atoms with Gasteiger partial charge in [0.25, 0.3) is 0 Å². The fourth-order valence-corrected chi connectivity index (χ4v) is 3.23. The Morgan fingerprint density at radius 3 is 2.50 bits per heavy atom. The molecule has 1 aromatic heterocycles. The van der Waals surface area contributed by atoms with Crippen LogP contribution in [0.4, 0.5) is 5.82 Å². The first-order chi connectivity index (χ1) is 9.81. The maximum Gasteiger partial charge on any atom is 0.151 e. The van der Waals surface area contributed by atoms with Crippen LogP contribution in [-0.4, -0.2) is 72.9 Å². The van der Waals surface area contributed by atoms with E-state index < -0.39 is 0 Å². The summed E-state index contributed by atoms with van der Waals surface area (Å²) in [5.74, 6) is 1.92. The molecule has 2 aliphatic heterocycles. The Kier molecular flexibility index (Phi) is 4.47. The molecule has 3 heterocycles. The summed E-state index contributed by atoms with van der Waals surface area (Å²) in [6, 6.07) is 4.02. The van der Waals surface area contributed by atoms with Crippen molar-refractivity contribution >= 4 is 5.82 Å². The van der Waals surface area contributed by atoms with Gasteiger partial charge in [-0.1, -0.05) is 0 Å². The highest BCUT2D eigenvalue weighted by Gasteiger charge is 2.23. The van der Waals surface area contributed by atoms with Gasteiger partial charge in [-0.3, -0.25) is 4.90 Å². The molecule has 2 fully saturated rings. The summed E-state index contributed by atoms with van der Waals surface area (Å²) in [5.41, 5.74) is 0. The van der Waals surface area contributed by atoms with E-state index in [1.54, 1.807) is 6.20 Å². The quantitative estimate of drug-likeness (QED) is 0.820. The molecule has 0 saturated carbocycles. The standard InChI is InChI=1S/C15H25N5/c1-18-7-4-14(5-8-18)13-19-9-11-20(12-10-19)15-3-2-6-16-17-15/h2-3,6,14H,4-5,7-13H2,1H3. The molecule has 0 spiro atoms. The molecule has 0 bridgehead atoms. The molecular formula is C15H25N5. The van der Waals surface area contributed by atoms with E-state index in [1.165, 1.54) is 32.5 Å². The number of rotatable bonds is 3. The van der Waals surface area contributed by atoms with Gasteiger partial charge in [0.2, 0.25) is 0 Å². The van der Waals surface area contributed by atoms with Gasteiger partial charge < -0.3 is 9.80 Å². The number of likely N-dealkylation sites (tertiary alicyclic amines) is 1. The van der Waals surface area contributed by atoms with Crippen molar-refractivity contribution in [3.8, 4) is 0 Å². The third-order valence-electron chi connectivity index (χ3n) is 4.61. The maximum absolute atomic E-state index is 4.20. The molecule has 0 N–H and O–H groups in total. The van der Waals surface area contributed by atoms with E-state index in [4.69, 9.17) is 0 Å². The summed E-state index contributed by atoms with van der Waals surface area (Å²) in [7, 11) is 2.23. The van der Waals surface area contributed by atoms with Crippen molar-refractivity contribution in [2.75, 3.05) is 57.8 Å². The lowest BCUT2D eigenvalue weighted by atomic mass is 9.96. The lowest BCUT2D eigenvalue weighted by Gasteiger charge is -2.38. The summed E-state index contributed by atoms with van der Waals surface area (Å²) < 4.78 is 0. The number of hydrogen-bond donors (Lipinski definition) is 0. The first kappa shape index (κ1) is 13.8. The average molecular weight is 275 g/mol. The van der Waals surface area contributed by atoms with Crippen LogP contribution in [0.1, 0.15) is 12.8 Å². The number of anilines is 1. The normalized spacial score (nSPS) is 23.1. The van der Waals surface area contributed by atoms with Crippen LogP contribution in [0.3, 0.4) is 0 Å². The Bertz CT molecular complexity index is 394. The average Bonchev–Trinajstić information content (AvgIpc) is 2.51. The molecule has 5 nitrogen and oxygen atoms in total. The van der Waals surface area contributed by atoms with E-state index in [1.807, 2.05) is 6.07 Å². The highest BCUT2D eigenvalue weighted by Crippen LogP contribution is 2.19. The predicted octanol–water partition coefficient (Wildman–Crippen LogP) is 0.940. The van der Waals surface area contributed by atoms with Crippen LogP contribution in [0, 0.1) is 5.92 Å². The zero-order chi connectivity index (χ0) is 13.8. The van der Waals surface area contributed by atoms with Gasteiger partial charge in [-0.2, -0.15) is 5.10 Å². The van der Waals surface area contributed by atoms with Gasteiger partial charge in [-0.25, -0.2) is 0 Å². The number of piperidine rings is 1. The monoisotopic (exact) mass is 275 g/mol. The minimum absolute atomic E-state index is 0.897. The third-order valence-corrected chi connectivity index (χ3v) is 4.61. The van der Waals surface area contributed by atoms with Crippen LogP contribution in [0.25, 0.3) is 0 Å². The van der Waals surface area contributed by atoms with Crippen molar-refractivity contribution in [3.63, 3.8) is 0 Å². The van der Waals surface area contributed by atoms with Crippen LogP contribution >= 0.6 is 0 Å². The van der Waals surface area contributed by atoms with Crippen LogP contribution in [0.2, 0.25) is 0 Å². The van der Waals surface area contributed by atoms with Gasteiger partial charge in [0, 0.05) is 38.9 Å². The molecule has 0 radical (unpaired) electrons. The Morgan fingerprint density at radius 2 is 1.85 bits per heavy atom. The SMILES string of the molecule is CN1CCC(CN2CCN(c3cccnn3)CC2)CC1. The minimum Gasteiger partial charge on any atom is -0.353 e. The highest BCUT2D eigenvalue weighted by molar-refractivity contribution is 5.36. The largest absolute Gasteiger partial charge is 0.353 e. The molecule has 110 valence electrons. The van der Waals surface area contributed by atoms with Crippen molar-refractivity contribution in [2.24, 2.45) is 5.92 Å². The molecule has 1 aromatic rings. The smallest absolute Gasteiger partial charge is 0.151 e. The third kappa shape index (κ3) is 3.46.